The quantitative estimate of drug-likeness (QED) is 0.248. The van der Waals surface area contributed by atoms with Gasteiger partial charge in [0, 0.05) is 0 Å². The second-order valence-corrected chi connectivity index (χ2v) is 0.504. The molecular weight excluding hydrogens is 98.0 g/mol. The monoisotopic (exact) mass is 102 g/mol. The van der Waals surface area contributed by atoms with Gasteiger partial charge in [0.15, 0.2) is 0 Å². The van der Waals surface area contributed by atoms with Gasteiger partial charge in [0.2, 0.25) is 0 Å². The van der Waals surface area contributed by atoms with Crippen LogP contribution in [0, 0.1) is 0 Å². The predicted octanol–water partition coefficient (Wildman–Crippen LogP) is -0.699. The minimum atomic E-state index is 0. The van der Waals surface area contributed by atoms with Gasteiger partial charge in [-0.25, -0.2) is 0 Å². The maximum atomic E-state index is 8.93. The van der Waals surface area contributed by atoms with Crippen molar-refractivity contribution in [3.05, 3.63) is 0 Å². The van der Waals surface area contributed by atoms with Crippen molar-refractivity contribution in [1.29, 1.82) is 0 Å². The van der Waals surface area contributed by atoms with Crippen LogP contribution in [0.4, 0.5) is 0 Å². The van der Waals surface area contributed by atoms with Gasteiger partial charge in [-0.3, -0.25) is 4.79 Å². The number of hydrogen-bond acceptors (Lipinski definition) is 2. The zero-order valence-corrected chi connectivity index (χ0v) is 3.13. The minimum absolute atomic E-state index is 0. The van der Waals surface area contributed by atoms with Gasteiger partial charge in [-0.15, -0.1) is 0 Å². The third-order valence-electron chi connectivity index (χ3n) is 0.0556. The van der Waals surface area contributed by atoms with E-state index in [9.17, 15) is 0 Å². The third-order valence-corrected chi connectivity index (χ3v) is 0.167. The molecule has 26 valence electrons. The van der Waals surface area contributed by atoms with Gasteiger partial charge in [0.1, 0.15) is 0 Å². The summed E-state index contributed by atoms with van der Waals surface area (Å²) in [7, 11) is 1.79. The van der Waals surface area contributed by atoms with Crippen LogP contribution in [0.15, 0.2) is 0 Å². The molecule has 0 radical (unpaired) electrons. The normalized spacial score (nSPS) is 4.20. The fraction of sp³-hybridized carbons (Fsp3) is 0. The summed E-state index contributed by atoms with van der Waals surface area (Å²) in [5.74, 6) is 0. The van der Waals surface area contributed by atoms with Gasteiger partial charge in [-0.05, 0) is 0 Å². The fourth-order valence-corrected chi connectivity index (χ4v) is 0. The summed E-state index contributed by atoms with van der Waals surface area (Å²) in [6, 6.07) is 0. The molecule has 0 fully saturated rings. The van der Waals surface area contributed by atoms with E-state index in [1.165, 1.54) is 0 Å². The first-order chi connectivity index (χ1) is 1.91. The van der Waals surface area contributed by atoms with Gasteiger partial charge in [0.25, 0.3) is 6.47 Å². The van der Waals surface area contributed by atoms with Gasteiger partial charge in [-0.2, -0.15) is 0 Å². The van der Waals surface area contributed by atoms with Crippen LogP contribution in [-0.2, 0) is 9.32 Å². The Morgan fingerprint density at radius 3 is 2.00 bits per heavy atom. The van der Waals surface area contributed by atoms with Crippen molar-refractivity contribution in [3.63, 3.8) is 0 Å². The molecule has 0 N–H and O–H groups in total. The second-order valence-electron chi connectivity index (χ2n) is 0.232. The van der Waals surface area contributed by atoms with Crippen LogP contribution in [0.5, 0.6) is 0 Å². The fourth-order valence-electron chi connectivity index (χ4n) is 0. The Bertz CT molecular complexity index is 23.6. The Morgan fingerprint density at radius 2 is 2.00 bits per heavy atom. The molecular formula is CH4NaO2P. The molecule has 0 saturated heterocycles. The SMILES string of the molecule is O=COP.[NaH]. The predicted molar refractivity (Wildman–Crippen MR) is 24.0 cm³/mol. The van der Waals surface area contributed by atoms with Crippen LogP contribution >= 0.6 is 9.47 Å². The molecule has 0 rings (SSSR count). The summed E-state index contributed by atoms with van der Waals surface area (Å²) in [4.78, 5) is 8.93. The van der Waals surface area contributed by atoms with Crippen LogP contribution < -0.4 is 0 Å². The topological polar surface area (TPSA) is 26.3 Å². The first kappa shape index (κ1) is 9.31. The molecule has 0 amide bonds. The molecule has 0 heterocycles. The van der Waals surface area contributed by atoms with E-state index in [0.29, 0.717) is 6.47 Å². The van der Waals surface area contributed by atoms with Crippen molar-refractivity contribution in [1.82, 2.24) is 0 Å². The Morgan fingerprint density at radius 1 is 1.80 bits per heavy atom. The number of hydrogen-bond donors (Lipinski definition) is 0. The Labute approximate surface area is 54.8 Å². The van der Waals surface area contributed by atoms with E-state index in [1.54, 1.807) is 9.47 Å². The summed E-state index contributed by atoms with van der Waals surface area (Å²) < 4.78 is 3.78. The summed E-state index contributed by atoms with van der Waals surface area (Å²) >= 11 is 0. The van der Waals surface area contributed by atoms with E-state index in [0.717, 1.165) is 0 Å². The van der Waals surface area contributed by atoms with Crippen molar-refractivity contribution in [2.75, 3.05) is 0 Å². The molecule has 0 bridgehead atoms. The van der Waals surface area contributed by atoms with Gasteiger partial charge in [-0.1, -0.05) is 0 Å². The Balaban J connectivity index is 0. The Hall–Kier alpha value is 0.900. The van der Waals surface area contributed by atoms with E-state index in [1.807, 2.05) is 0 Å². The van der Waals surface area contributed by atoms with Crippen molar-refractivity contribution in [3.8, 4) is 0 Å². The Kier molecular flexibility index (Phi) is 16.5. The zero-order chi connectivity index (χ0) is 3.41. The van der Waals surface area contributed by atoms with Gasteiger partial charge in [0.05, 0.1) is 9.47 Å². The summed E-state index contributed by atoms with van der Waals surface area (Å²) in [5.41, 5.74) is 0. The van der Waals surface area contributed by atoms with E-state index < -0.39 is 0 Å². The second kappa shape index (κ2) is 8.86. The first-order valence-electron chi connectivity index (χ1n) is 0.707. The van der Waals surface area contributed by atoms with E-state index in [-0.39, 0.29) is 29.6 Å². The maximum absolute atomic E-state index is 8.93. The van der Waals surface area contributed by atoms with Gasteiger partial charge >= 0.3 is 29.6 Å². The molecule has 0 saturated carbocycles. The number of carbonyl (C=O) groups excluding carboxylic acids is 1. The molecule has 0 aliphatic heterocycles. The molecule has 2 nitrogen and oxygen atoms in total. The average Bonchev–Trinajstić information content (AvgIpc) is 1.37. The van der Waals surface area contributed by atoms with E-state index in [4.69, 9.17) is 4.79 Å². The van der Waals surface area contributed by atoms with Crippen LogP contribution in [0.3, 0.4) is 0 Å². The van der Waals surface area contributed by atoms with Crippen molar-refractivity contribution >= 4 is 45.5 Å². The molecule has 0 aromatic heterocycles. The summed E-state index contributed by atoms with van der Waals surface area (Å²) in [6.07, 6.45) is 0. The molecule has 0 aliphatic rings. The van der Waals surface area contributed by atoms with Crippen LogP contribution in [0.1, 0.15) is 0 Å². The molecule has 4 heteroatoms. The molecule has 0 spiro atoms. The van der Waals surface area contributed by atoms with E-state index in [2.05, 4.69) is 4.52 Å². The van der Waals surface area contributed by atoms with Crippen molar-refractivity contribution in [2.45, 2.75) is 0 Å². The molecule has 0 aromatic rings. The third kappa shape index (κ3) is 11.4. The van der Waals surface area contributed by atoms with Crippen molar-refractivity contribution in [2.24, 2.45) is 0 Å². The van der Waals surface area contributed by atoms with Crippen LogP contribution in [-0.4, -0.2) is 36.0 Å². The standard InChI is InChI=1S/CH3O2P.Na.H/c2-1-3-4;;/h1H,4H2;;. The molecule has 0 aromatic carbocycles. The molecule has 0 aliphatic carbocycles. The van der Waals surface area contributed by atoms with Crippen LogP contribution in [0.2, 0.25) is 0 Å². The molecule has 5 heavy (non-hydrogen) atoms. The summed E-state index contributed by atoms with van der Waals surface area (Å²) in [5, 5.41) is 0. The van der Waals surface area contributed by atoms with Crippen LogP contribution in [0.25, 0.3) is 0 Å². The zero-order valence-electron chi connectivity index (χ0n) is 1.97. The molecule has 1 atom stereocenters. The van der Waals surface area contributed by atoms with Gasteiger partial charge < -0.3 is 4.52 Å². The summed E-state index contributed by atoms with van der Waals surface area (Å²) in [6.45, 7) is 0.338. The average molecular weight is 102 g/mol. The number of carbonyl (C=O) groups is 1. The number of rotatable bonds is 1. The van der Waals surface area contributed by atoms with E-state index >= 15 is 0 Å². The first-order valence-corrected chi connectivity index (χ1v) is 1.18. The van der Waals surface area contributed by atoms with Crippen molar-refractivity contribution < 1.29 is 9.32 Å². The molecule has 1 unspecified atom stereocenters.